The summed E-state index contributed by atoms with van der Waals surface area (Å²) < 4.78 is 15.7. The molecule has 0 aliphatic carbocycles. The second kappa shape index (κ2) is 8.52. The molecule has 1 amide bonds. The van der Waals surface area contributed by atoms with E-state index in [1.807, 2.05) is 20.8 Å². The SMILES string of the molecule is CCOC(=O)C(C(=O)N1[C@H](C(=O)OC)CO[C@@H]1C(C)(C)C)c1ccccc1. The third-order valence-corrected chi connectivity index (χ3v) is 4.37. The number of amides is 1. The van der Waals surface area contributed by atoms with Crippen molar-refractivity contribution in [2.75, 3.05) is 20.3 Å². The summed E-state index contributed by atoms with van der Waals surface area (Å²) in [4.78, 5) is 39.7. The first-order chi connectivity index (χ1) is 12.7. The van der Waals surface area contributed by atoms with Gasteiger partial charge in [0.25, 0.3) is 0 Å². The van der Waals surface area contributed by atoms with Crippen molar-refractivity contribution in [1.82, 2.24) is 4.90 Å². The van der Waals surface area contributed by atoms with Crippen LogP contribution in [0.3, 0.4) is 0 Å². The number of nitrogens with zero attached hydrogens (tertiary/aromatic N) is 1. The molecule has 148 valence electrons. The van der Waals surface area contributed by atoms with Gasteiger partial charge in [-0.3, -0.25) is 14.5 Å². The summed E-state index contributed by atoms with van der Waals surface area (Å²) in [5.41, 5.74) is 0.0399. The van der Waals surface area contributed by atoms with Gasteiger partial charge in [-0.1, -0.05) is 51.1 Å². The first-order valence-corrected chi connectivity index (χ1v) is 8.95. The molecule has 2 rings (SSSR count). The average molecular weight is 377 g/mol. The molecule has 0 aromatic heterocycles. The molecule has 1 fully saturated rings. The number of esters is 2. The summed E-state index contributed by atoms with van der Waals surface area (Å²) in [7, 11) is 1.26. The average Bonchev–Trinajstić information content (AvgIpc) is 3.08. The molecular formula is C20H27NO6. The van der Waals surface area contributed by atoms with Crippen LogP contribution in [0, 0.1) is 5.41 Å². The van der Waals surface area contributed by atoms with Gasteiger partial charge in [0.2, 0.25) is 5.91 Å². The molecule has 1 saturated heterocycles. The summed E-state index contributed by atoms with van der Waals surface area (Å²) in [6.45, 7) is 7.55. The zero-order valence-electron chi connectivity index (χ0n) is 16.4. The number of methoxy groups -OCH3 is 1. The van der Waals surface area contributed by atoms with Gasteiger partial charge in [-0.25, -0.2) is 4.79 Å². The summed E-state index contributed by atoms with van der Waals surface area (Å²) in [6, 6.07) is 7.76. The van der Waals surface area contributed by atoms with E-state index in [9.17, 15) is 14.4 Å². The van der Waals surface area contributed by atoms with E-state index in [1.54, 1.807) is 37.3 Å². The summed E-state index contributed by atoms with van der Waals surface area (Å²) in [5.74, 6) is -2.94. The Morgan fingerprint density at radius 3 is 2.37 bits per heavy atom. The first-order valence-electron chi connectivity index (χ1n) is 8.95. The topological polar surface area (TPSA) is 82.1 Å². The number of benzene rings is 1. The van der Waals surface area contributed by atoms with Gasteiger partial charge in [-0.15, -0.1) is 0 Å². The Morgan fingerprint density at radius 1 is 1.22 bits per heavy atom. The molecule has 0 radical (unpaired) electrons. The maximum Gasteiger partial charge on any atom is 0.331 e. The van der Waals surface area contributed by atoms with Crippen LogP contribution in [0.25, 0.3) is 0 Å². The van der Waals surface area contributed by atoms with Crippen LogP contribution in [0.1, 0.15) is 39.2 Å². The first kappa shape index (κ1) is 20.9. The Labute approximate surface area is 159 Å². The Morgan fingerprint density at radius 2 is 1.85 bits per heavy atom. The molecule has 1 aromatic rings. The monoisotopic (exact) mass is 377 g/mol. The molecule has 7 heteroatoms. The summed E-state index contributed by atoms with van der Waals surface area (Å²) >= 11 is 0. The highest BCUT2D eigenvalue weighted by atomic mass is 16.6. The van der Waals surface area contributed by atoms with Crippen molar-refractivity contribution in [1.29, 1.82) is 0 Å². The lowest BCUT2D eigenvalue weighted by molar-refractivity contribution is -0.162. The van der Waals surface area contributed by atoms with E-state index in [1.165, 1.54) is 12.0 Å². The highest BCUT2D eigenvalue weighted by Crippen LogP contribution is 2.35. The molecule has 0 N–H and O–H groups in total. The predicted molar refractivity (Wildman–Crippen MR) is 97.7 cm³/mol. The molecule has 1 aromatic carbocycles. The number of hydrogen-bond donors (Lipinski definition) is 0. The van der Waals surface area contributed by atoms with Crippen LogP contribution < -0.4 is 0 Å². The van der Waals surface area contributed by atoms with Gasteiger partial charge in [-0.05, 0) is 12.5 Å². The number of rotatable bonds is 5. The van der Waals surface area contributed by atoms with Crippen LogP contribution in [-0.2, 0) is 28.6 Å². The van der Waals surface area contributed by atoms with Crippen molar-refractivity contribution < 1.29 is 28.6 Å². The third-order valence-electron chi connectivity index (χ3n) is 4.37. The predicted octanol–water partition coefficient (Wildman–Crippen LogP) is 2.11. The van der Waals surface area contributed by atoms with Crippen LogP contribution in [0.5, 0.6) is 0 Å². The lowest BCUT2D eigenvalue weighted by Gasteiger charge is -2.36. The van der Waals surface area contributed by atoms with Crippen LogP contribution in [0.2, 0.25) is 0 Å². The van der Waals surface area contributed by atoms with E-state index in [4.69, 9.17) is 14.2 Å². The second-order valence-corrected chi connectivity index (χ2v) is 7.43. The summed E-state index contributed by atoms with van der Waals surface area (Å²) in [5, 5.41) is 0. The van der Waals surface area contributed by atoms with E-state index < -0.39 is 41.4 Å². The third kappa shape index (κ3) is 4.47. The van der Waals surface area contributed by atoms with Crippen LogP contribution >= 0.6 is 0 Å². The van der Waals surface area contributed by atoms with Crippen molar-refractivity contribution in [2.45, 2.75) is 45.9 Å². The fraction of sp³-hybridized carbons (Fsp3) is 0.550. The fourth-order valence-corrected chi connectivity index (χ4v) is 3.16. The minimum atomic E-state index is -1.18. The maximum absolute atomic E-state index is 13.5. The van der Waals surface area contributed by atoms with Crippen molar-refractivity contribution in [3.05, 3.63) is 35.9 Å². The molecule has 7 nitrogen and oxygen atoms in total. The minimum Gasteiger partial charge on any atom is -0.467 e. The Hall–Kier alpha value is -2.41. The molecule has 0 saturated carbocycles. The fourth-order valence-electron chi connectivity index (χ4n) is 3.16. The van der Waals surface area contributed by atoms with Crippen molar-refractivity contribution in [2.24, 2.45) is 5.41 Å². The smallest absolute Gasteiger partial charge is 0.331 e. The molecular weight excluding hydrogens is 350 g/mol. The molecule has 1 aliphatic heterocycles. The van der Waals surface area contributed by atoms with Crippen molar-refractivity contribution in [3.63, 3.8) is 0 Å². The highest BCUT2D eigenvalue weighted by molar-refractivity contribution is 6.04. The van der Waals surface area contributed by atoms with Gasteiger partial charge in [0.05, 0.1) is 20.3 Å². The lowest BCUT2D eigenvalue weighted by Crippen LogP contribution is -2.53. The molecule has 1 unspecified atom stereocenters. The van der Waals surface area contributed by atoms with E-state index in [0.717, 1.165) is 0 Å². The quantitative estimate of drug-likeness (QED) is 0.577. The van der Waals surface area contributed by atoms with E-state index >= 15 is 0 Å². The molecule has 3 atom stereocenters. The van der Waals surface area contributed by atoms with Gasteiger partial charge in [0, 0.05) is 5.41 Å². The Kier molecular flexibility index (Phi) is 6.59. The lowest BCUT2D eigenvalue weighted by atomic mass is 9.91. The van der Waals surface area contributed by atoms with Crippen LogP contribution in [0.4, 0.5) is 0 Å². The second-order valence-electron chi connectivity index (χ2n) is 7.43. The van der Waals surface area contributed by atoms with E-state index in [2.05, 4.69) is 0 Å². The number of carbonyl (C=O) groups is 3. The Bertz CT molecular complexity index is 681. The zero-order valence-corrected chi connectivity index (χ0v) is 16.4. The highest BCUT2D eigenvalue weighted by Gasteiger charge is 2.50. The largest absolute Gasteiger partial charge is 0.467 e. The number of ether oxygens (including phenoxy) is 3. The standard InChI is InChI=1S/C20H27NO6/c1-6-26-18(24)15(13-10-8-7-9-11-13)16(22)21-14(17(23)25-5)12-27-19(21)20(2,3)4/h7-11,14-15,19H,6,12H2,1-5H3/t14-,15?,19+/m0/s1. The van der Waals surface area contributed by atoms with E-state index in [-0.39, 0.29) is 13.2 Å². The zero-order chi connectivity index (χ0) is 20.2. The van der Waals surface area contributed by atoms with Crippen molar-refractivity contribution in [3.8, 4) is 0 Å². The molecule has 0 bridgehead atoms. The van der Waals surface area contributed by atoms with Gasteiger partial charge in [0.1, 0.15) is 6.23 Å². The van der Waals surface area contributed by atoms with Crippen molar-refractivity contribution >= 4 is 17.8 Å². The van der Waals surface area contributed by atoms with Gasteiger partial charge in [-0.2, -0.15) is 0 Å². The molecule has 1 heterocycles. The maximum atomic E-state index is 13.5. The van der Waals surface area contributed by atoms with Crippen LogP contribution in [0.15, 0.2) is 30.3 Å². The Balaban J connectivity index is 2.48. The van der Waals surface area contributed by atoms with Crippen LogP contribution in [-0.4, -0.2) is 55.3 Å². The molecule has 27 heavy (non-hydrogen) atoms. The summed E-state index contributed by atoms with van der Waals surface area (Å²) in [6.07, 6.45) is -0.672. The van der Waals surface area contributed by atoms with Gasteiger partial charge < -0.3 is 14.2 Å². The molecule has 0 spiro atoms. The minimum absolute atomic E-state index is 0.0185. The van der Waals surface area contributed by atoms with E-state index in [0.29, 0.717) is 5.56 Å². The number of carbonyl (C=O) groups excluding carboxylic acids is 3. The van der Waals surface area contributed by atoms with Gasteiger partial charge in [0.15, 0.2) is 12.0 Å². The normalized spacial score (nSPS) is 20.9. The molecule has 1 aliphatic rings. The number of hydrogen-bond acceptors (Lipinski definition) is 6. The van der Waals surface area contributed by atoms with Gasteiger partial charge >= 0.3 is 11.9 Å².